The van der Waals surface area contributed by atoms with Crippen LogP contribution in [-0.2, 0) is 24.2 Å². The fraction of sp³-hybridized carbons (Fsp3) is 0.588. The number of tetrazole rings is 1. The average molecular weight is 316 g/mol. The normalized spacial score (nSPS) is 21.4. The molecule has 1 N–H and O–H groups in total. The summed E-state index contributed by atoms with van der Waals surface area (Å²) in [4.78, 5) is 1.59. The molecular formula is C17H26N5O+. The van der Waals surface area contributed by atoms with Crippen LogP contribution in [0, 0.1) is 5.92 Å². The number of rotatable bonds is 7. The van der Waals surface area contributed by atoms with Gasteiger partial charge in [-0.15, -0.1) is 5.10 Å². The van der Waals surface area contributed by atoms with Gasteiger partial charge in [0.05, 0.1) is 26.2 Å². The summed E-state index contributed by atoms with van der Waals surface area (Å²) in [6, 6.07) is 10.8. The molecule has 0 amide bonds. The lowest BCUT2D eigenvalue weighted by molar-refractivity contribution is -0.920. The molecule has 2 heterocycles. The summed E-state index contributed by atoms with van der Waals surface area (Å²) < 4.78 is 6.98. The average Bonchev–Trinajstić information content (AvgIpc) is 3.03. The van der Waals surface area contributed by atoms with Gasteiger partial charge in [0.2, 0.25) is 5.82 Å². The number of ether oxygens (including phenoxy) is 1. The van der Waals surface area contributed by atoms with Gasteiger partial charge in [0.15, 0.2) is 0 Å². The van der Waals surface area contributed by atoms with Gasteiger partial charge >= 0.3 is 0 Å². The second kappa shape index (κ2) is 8.17. The predicted octanol–water partition coefficient (Wildman–Crippen LogP) is 0.357. The zero-order chi connectivity index (χ0) is 15.9. The maximum atomic E-state index is 5.11. The van der Waals surface area contributed by atoms with Crippen molar-refractivity contribution in [3.63, 3.8) is 0 Å². The number of hydrogen-bond donors (Lipinski definition) is 1. The summed E-state index contributed by atoms with van der Waals surface area (Å²) in [5.41, 5.74) is 1.46. The zero-order valence-electron chi connectivity index (χ0n) is 13.8. The van der Waals surface area contributed by atoms with Crippen molar-refractivity contribution in [3.05, 3.63) is 41.7 Å². The fourth-order valence-corrected chi connectivity index (χ4v) is 3.34. The van der Waals surface area contributed by atoms with Gasteiger partial charge in [-0.2, -0.15) is 0 Å². The summed E-state index contributed by atoms with van der Waals surface area (Å²) in [6.07, 6.45) is 3.77. The lowest BCUT2D eigenvalue weighted by Crippen LogP contribution is -3.11. The molecule has 124 valence electrons. The maximum Gasteiger partial charge on any atom is 0.206 e. The largest absolute Gasteiger partial charge is 0.383 e. The van der Waals surface area contributed by atoms with E-state index in [1.165, 1.54) is 37.9 Å². The first-order valence-corrected chi connectivity index (χ1v) is 8.46. The smallest absolute Gasteiger partial charge is 0.206 e. The lowest BCUT2D eigenvalue weighted by Gasteiger charge is -2.29. The molecule has 0 aliphatic carbocycles. The van der Waals surface area contributed by atoms with Crippen molar-refractivity contribution in [2.45, 2.75) is 32.4 Å². The summed E-state index contributed by atoms with van der Waals surface area (Å²) in [5, 5.41) is 12.0. The summed E-state index contributed by atoms with van der Waals surface area (Å²) in [7, 11) is 1.70. The van der Waals surface area contributed by atoms with E-state index in [-0.39, 0.29) is 0 Å². The Kier molecular flexibility index (Phi) is 5.71. The molecule has 0 atom stereocenters. The number of quaternary nitrogens is 1. The number of nitrogens with one attached hydrogen (secondary N) is 1. The Labute approximate surface area is 137 Å². The van der Waals surface area contributed by atoms with Crippen LogP contribution in [0.3, 0.4) is 0 Å². The van der Waals surface area contributed by atoms with Gasteiger partial charge in [0, 0.05) is 7.11 Å². The molecule has 1 aromatic heterocycles. The number of methoxy groups -OCH3 is 1. The van der Waals surface area contributed by atoms with Crippen LogP contribution in [0.5, 0.6) is 0 Å². The molecule has 1 fully saturated rings. The maximum absolute atomic E-state index is 5.11. The third-order valence-electron chi connectivity index (χ3n) is 4.70. The van der Waals surface area contributed by atoms with Crippen molar-refractivity contribution in [1.82, 2.24) is 20.2 Å². The van der Waals surface area contributed by atoms with Crippen LogP contribution in [-0.4, -0.2) is 47.0 Å². The molecule has 2 aromatic rings. The molecule has 0 spiro atoms. The van der Waals surface area contributed by atoms with E-state index in [4.69, 9.17) is 4.74 Å². The molecule has 0 saturated carbocycles. The van der Waals surface area contributed by atoms with Crippen LogP contribution in [0.15, 0.2) is 30.3 Å². The van der Waals surface area contributed by atoms with Crippen LogP contribution in [0.25, 0.3) is 0 Å². The van der Waals surface area contributed by atoms with Gasteiger partial charge < -0.3 is 9.64 Å². The number of nitrogens with zero attached hydrogens (tertiary/aromatic N) is 4. The van der Waals surface area contributed by atoms with E-state index >= 15 is 0 Å². The second-order valence-electron chi connectivity index (χ2n) is 6.37. The van der Waals surface area contributed by atoms with E-state index in [2.05, 4.69) is 45.9 Å². The number of piperidine rings is 1. The highest BCUT2D eigenvalue weighted by molar-refractivity contribution is 5.15. The Balaban J connectivity index is 1.47. The van der Waals surface area contributed by atoms with Crippen LogP contribution in [0.4, 0.5) is 0 Å². The SMILES string of the molecule is COCCn1nnnc1C[NH+]1CCC(Cc2ccccc2)CC1. The van der Waals surface area contributed by atoms with Gasteiger partial charge in [-0.05, 0) is 41.2 Å². The third-order valence-corrected chi connectivity index (χ3v) is 4.70. The van der Waals surface area contributed by atoms with E-state index < -0.39 is 0 Å². The highest BCUT2D eigenvalue weighted by Gasteiger charge is 2.24. The minimum absolute atomic E-state index is 0.645. The summed E-state index contributed by atoms with van der Waals surface area (Å²) in [6.45, 7) is 4.69. The van der Waals surface area contributed by atoms with E-state index in [1.807, 2.05) is 4.68 Å². The molecular weight excluding hydrogens is 290 g/mol. The van der Waals surface area contributed by atoms with Gasteiger partial charge in [0.1, 0.15) is 6.54 Å². The topological polar surface area (TPSA) is 57.3 Å². The van der Waals surface area contributed by atoms with Gasteiger partial charge in [0.25, 0.3) is 0 Å². The molecule has 1 aliphatic heterocycles. The number of likely N-dealkylation sites (tertiary alicyclic amines) is 1. The first-order chi connectivity index (χ1) is 11.3. The summed E-state index contributed by atoms with van der Waals surface area (Å²) >= 11 is 0. The molecule has 6 nitrogen and oxygen atoms in total. The molecule has 1 aromatic carbocycles. The minimum atomic E-state index is 0.645. The number of benzene rings is 1. The van der Waals surface area contributed by atoms with Crippen molar-refractivity contribution in [2.75, 3.05) is 26.8 Å². The van der Waals surface area contributed by atoms with Gasteiger partial charge in [-0.25, -0.2) is 4.68 Å². The van der Waals surface area contributed by atoms with Gasteiger partial charge in [-0.3, -0.25) is 0 Å². The molecule has 23 heavy (non-hydrogen) atoms. The number of hydrogen-bond acceptors (Lipinski definition) is 4. The first kappa shape index (κ1) is 16.1. The van der Waals surface area contributed by atoms with Crippen molar-refractivity contribution >= 4 is 0 Å². The van der Waals surface area contributed by atoms with Crippen molar-refractivity contribution in [3.8, 4) is 0 Å². The molecule has 1 saturated heterocycles. The third kappa shape index (κ3) is 4.59. The highest BCUT2D eigenvalue weighted by Crippen LogP contribution is 2.16. The molecule has 0 bridgehead atoms. The van der Waals surface area contributed by atoms with Gasteiger partial charge in [-0.1, -0.05) is 30.3 Å². The van der Waals surface area contributed by atoms with Crippen molar-refractivity contribution < 1.29 is 9.64 Å². The molecule has 3 rings (SSSR count). The number of aromatic nitrogens is 4. The van der Waals surface area contributed by atoms with Crippen LogP contribution in [0.1, 0.15) is 24.2 Å². The van der Waals surface area contributed by atoms with E-state index in [0.717, 1.165) is 24.8 Å². The molecule has 1 aliphatic rings. The highest BCUT2D eigenvalue weighted by atomic mass is 16.5. The van der Waals surface area contributed by atoms with Crippen molar-refractivity contribution in [2.24, 2.45) is 5.92 Å². The molecule has 0 radical (unpaired) electrons. The zero-order valence-corrected chi connectivity index (χ0v) is 13.8. The van der Waals surface area contributed by atoms with Crippen LogP contribution in [0.2, 0.25) is 0 Å². The van der Waals surface area contributed by atoms with Crippen LogP contribution >= 0.6 is 0 Å². The van der Waals surface area contributed by atoms with E-state index in [1.54, 1.807) is 12.0 Å². The van der Waals surface area contributed by atoms with Crippen molar-refractivity contribution in [1.29, 1.82) is 0 Å². The minimum Gasteiger partial charge on any atom is -0.383 e. The monoisotopic (exact) mass is 316 g/mol. The predicted molar refractivity (Wildman–Crippen MR) is 87.0 cm³/mol. The Hall–Kier alpha value is -1.79. The Morgan fingerprint density at radius 3 is 2.74 bits per heavy atom. The molecule has 0 unspecified atom stereocenters. The lowest BCUT2D eigenvalue weighted by atomic mass is 9.90. The standard InChI is InChI=1S/C17H25N5O/c1-23-12-11-22-17(18-19-20-22)14-21-9-7-16(8-10-21)13-15-5-3-2-4-6-15/h2-6,16H,7-14H2,1H3/p+1. The Bertz CT molecular complexity index is 578. The van der Waals surface area contributed by atoms with Crippen LogP contribution < -0.4 is 4.90 Å². The van der Waals surface area contributed by atoms with E-state index in [9.17, 15) is 0 Å². The Morgan fingerprint density at radius 1 is 1.22 bits per heavy atom. The van der Waals surface area contributed by atoms with E-state index in [0.29, 0.717) is 6.61 Å². The second-order valence-corrected chi connectivity index (χ2v) is 6.37. The Morgan fingerprint density at radius 2 is 2.00 bits per heavy atom. The fourth-order valence-electron chi connectivity index (χ4n) is 3.34. The quantitative estimate of drug-likeness (QED) is 0.801. The molecule has 6 heteroatoms. The first-order valence-electron chi connectivity index (χ1n) is 8.46. The summed E-state index contributed by atoms with van der Waals surface area (Å²) in [5.74, 6) is 1.78.